The Bertz CT molecular complexity index is 876. The van der Waals surface area contributed by atoms with Crippen LogP contribution in [0.4, 0.5) is 9.18 Å². The second kappa shape index (κ2) is 10.1. The minimum atomic E-state index is -0.681. The number of hydrogen-bond donors (Lipinski definition) is 2. The van der Waals surface area contributed by atoms with Crippen LogP contribution in [-0.2, 0) is 11.3 Å². The number of rotatable bonds is 7. The molecule has 0 aliphatic carbocycles. The van der Waals surface area contributed by atoms with Crippen molar-refractivity contribution >= 4 is 12.0 Å². The molecule has 1 atom stereocenters. The molecule has 162 valence electrons. The molecule has 2 N–H and O–H groups in total. The molecule has 0 saturated carbocycles. The van der Waals surface area contributed by atoms with E-state index < -0.39 is 23.4 Å². The number of alkyl carbamates (subject to hydrolysis) is 1. The van der Waals surface area contributed by atoms with Crippen LogP contribution in [0.5, 0.6) is 5.75 Å². The SMILES string of the molecule is CCOc1ccc([C@@H](C)NC(=O)c2cccc(F)c2CNC(=O)OC(C)(C)C)cc1. The Kier molecular flexibility index (Phi) is 7.80. The Balaban J connectivity index is 2.09. The maximum absolute atomic E-state index is 14.4. The summed E-state index contributed by atoms with van der Waals surface area (Å²) >= 11 is 0. The van der Waals surface area contributed by atoms with Gasteiger partial charge in [-0.05, 0) is 64.4 Å². The van der Waals surface area contributed by atoms with Gasteiger partial charge in [-0.25, -0.2) is 9.18 Å². The van der Waals surface area contributed by atoms with Gasteiger partial charge in [0.25, 0.3) is 5.91 Å². The first-order valence-corrected chi connectivity index (χ1v) is 9.88. The second-order valence-corrected chi connectivity index (χ2v) is 7.82. The summed E-state index contributed by atoms with van der Waals surface area (Å²) in [4.78, 5) is 24.7. The zero-order valence-electron chi connectivity index (χ0n) is 18.0. The predicted octanol–water partition coefficient (Wildman–Crippen LogP) is 4.74. The number of ether oxygens (including phenoxy) is 2. The lowest BCUT2D eigenvalue weighted by Crippen LogP contribution is -2.33. The van der Waals surface area contributed by atoms with Crippen LogP contribution in [0.1, 0.15) is 62.1 Å². The van der Waals surface area contributed by atoms with Crippen LogP contribution in [0.25, 0.3) is 0 Å². The monoisotopic (exact) mass is 416 g/mol. The fourth-order valence-electron chi connectivity index (χ4n) is 2.80. The molecule has 2 aromatic rings. The molecular weight excluding hydrogens is 387 g/mol. The van der Waals surface area contributed by atoms with Gasteiger partial charge in [-0.1, -0.05) is 18.2 Å². The van der Waals surface area contributed by atoms with E-state index in [1.807, 2.05) is 38.1 Å². The molecule has 0 aliphatic rings. The van der Waals surface area contributed by atoms with Gasteiger partial charge in [0.2, 0.25) is 0 Å². The molecule has 7 heteroatoms. The van der Waals surface area contributed by atoms with E-state index in [0.29, 0.717) is 6.61 Å². The summed E-state index contributed by atoms with van der Waals surface area (Å²) in [5.41, 5.74) is 0.465. The van der Waals surface area contributed by atoms with Gasteiger partial charge in [0.1, 0.15) is 17.2 Å². The number of hydrogen-bond acceptors (Lipinski definition) is 4. The molecule has 0 unspecified atom stereocenters. The molecule has 6 nitrogen and oxygen atoms in total. The molecule has 0 fully saturated rings. The third kappa shape index (κ3) is 6.76. The Morgan fingerprint density at radius 3 is 2.37 bits per heavy atom. The number of nitrogens with one attached hydrogen (secondary N) is 2. The number of halogens is 1. The van der Waals surface area contributed by atoms with Crippen molar-refractivity contribution in [3.05, 3.63) is 65.0 Å². The smallest absolute Gasteiger partial charge is 0.407 e. The van der Waals surface area contributed by atoms with E-state index in [1.165, 1.54) is 18.2 Å². The van der Waals surface area contributed by atoms with Crippen molar-refractivity contribution in [1.29, 1.82) is 0 Å². The van der Waals surface area contributed by atoms with Crippen LogP contribution in [0.2, 0.25) is 0 Å². The highest BCUT2D eigenvalue weighted by Gasteiger charge is 2.20. The van der Waals surface area contributed by atoms with Crippen molar-refractivity contribution in [3.8, 4) is 5.75 Å². The van der Waals surface area contributed by atoms with Crippen LogP contribution in [-0.4, -0.2) is 24.2 Å². The van der Waals surface area contributed by atoms with Gasteiger partial charge >= 0.3 is 6.09 Å². The van der Waals surface area contributed by atoms with Crippen molar-refractivity contribution < 1.29 is 23.5 Å². The van der Waals surface area contributed by atoms with E-state index >= 15 is 0 Å². The molecule has 0 radical (unpaired) electrons. The average molecular weight is 416 g/mol. The third-order valence-electron chi connectivity index (χ3n) is 4.21. The van der Waals surface area contributed by atoms with Crippen molar-refractivity contribution in [2.24, 2.45) is 0 Å². The molecule has 30 heavy (non-hydrogen) atoms. The molecule has 2 rings (SSSR count). The summed E-state index contributed by atoms with van der Waals surface area (Å²) in [5.74, 6) is -0.260. The van der Waals surface area contributed by atoms with E-state index in [4.69, 9.17) is 9.47 Å². The van der Waals surface area contributed by atoms with Gasteiger partial charge in [0.05, 0.1) is 12.6 Å². The fraction of sp³-hybridized carbons (Fsp3) is 0.391. The lowest BCUT2D eigenvalue weighted by molar-refractivity contribution is 0.0522. The van der Waals surface area contributed by atoms with E-state index in [-0.39, 0.29) is 23.7 Å². The van der Waals surface area contributed by atoms with Crippen LogP contribution in [0, 0.1) is 5.82 Å². The molecular formula is C23H29FN2O4. The first-order chi connectivity index (χ1) is 14.1. The Hall–Kier alpha value is -3.09. The summed E-state index contributed by atoms with van der Waals surface area (Å²) in [6.45, 7) is 9.36. The molecule has 0 aliphatic heterocycles. The number of amides is 2. The van der Waals surface area contributed by atoms with E-state index in [0.717, 1.165) is 11.3 Å². The summed E-state index contributed by atoms with van der Waals surface area (Å²) in [6.07, 6.45) is -0.681. The maximum atomic E-state index is 14.4. The highest BCUT2D eigenvalue weighted by molar-refractivity contribution is 5.96. The topological polar surface area (TPSA) is 76.7 Å². The first-order valence-electron chi connectivity index (χ1n) is 9.88. The second-order valence-electron chi connectivity index (χ2n) is 7.82. The Morgan fingerprint density at radius 2 is 1.77 bits per heavy atom. The highest BCUT2D eigenvalue weighted by atomic mass is 19.1. The Labute approximate surface area is 176 Å². The van der Waals surface area contributed by atoms with Gasteiger partial charge in [-0.2, -0.15) is 0 Å². The van der Waals surface area contributed by atoms with Crippen molar-refractivity contribution in [1.82, 2.24) is 10.6 Å². The molecule has 0 spiro atoms. The van der Waals surface area contributed by atoms with Gasteiger partial charge < -0.3 is 20.1 Å². The number of carbonyl (C=O) groups is 2. The van der Waals surface area contributed by atoms with Crippen molar-refractivity contribution in [3.63, 3.8) is 0 Å². The van der Waals surface area contributed by atoms with Gasteiger partial charge in [0, 0.05) is 17.7 Å². The fourth-order valence-corrected chi connectivity index (χ4v) is 2.80. The maximum Gasteiger partial charge on any atom is 0.407 e. The zero-order valence-corrected chi connectivity index (χ0v) is 18.0. The van der Waals surface area contributed by atoms with Gasteiger partial charge in [-0.15, -0.1) is 0 Å². The Morgan fingerprint density at radius 1 is 1.10 bits per heavy atom. The molecule has 2 aromatic carbocycles. The molecule has 0 saturated heterocycles. The normalized spacial score (nSPS) is 12.1. The van der Waals surface area contributed by atoms with Crippen LogP contribution < -0.4 is 15.4 Å². The minimum Gasteiger partial charge on any atom is -0.494 e. The van der Waals surface area contributed by atoms with E-state index in [9.17, 15) is 14.0 Å². The van der Waals surface area contributed by atoms with Crippen molar-refractivity contribution in [2.75, 3.05) is 6.61 Å². The third-order valence-corrected chi connectivity index (χ3v) is 4.21. The lowest BCUT2D eigenvalue weighted by Gasteiger charge is -2.20. The minimum absolute atomic E-state index is 0.0970. The molecule has 0 aromatic heterocycles. The standard InChI is InChI=1S/C23H29FN2O4/c1-6-29-17-12-10-16(11-13-17)15(2)26-21(27)18-8-7-9-20(24)19(18)14-25-22(28)30-23(3,4)5/h7-13,15H,6,14H2,1-5H3,(H,25,28)(H,26,27)/t15-/m1/s1. The summed E-state index contributed by atoms with van der Waals surface area (Å²) in [6, 6.07) is 11.3. The van der Waals surface area contributed by atoms with E-state index in [1.54, 1.807) is 20.8 Å². The molecule has 0 heterocycles. The number of benzene rings is 2. The lowest BCUT2D eigenvalue weighted by atomic mass is 10.0. The zero-order chi connectivity index (χ0) is 22.3. The average Bonchev–Trinajstić information content (AvgIpc) is 2.66. The van der Waals surface area contributed by atoms with Gasteiger partial charge in [0.15, 0.2) is 0 Å². The summed E-state index contributed by atoms with van der Waals surface area (Å²) in [5, 5.41) is 5.37. The predicted molar refractivity (Wildman–Crippen MR) is 113 cm³/mol. The largest absolute Gasteiger partial charge is 0.494 e. The van der Waals surface area contributed by atoms with E-state index in [2.05, 4.69) is 10.6 Å². The summed E-state index contributed by atoms with van der Waals surface area (Å²) < 4.78 is 25.0. The molecule has 0 bridgehead atoms. The number of carbonyl (C=O) groups excluding carboxylic acids is 2. The summed E-state index contributed by atoms with van der Waals surface area (Å²) in [7, 11) is 0. The quantitative estimate of drug-likeness (QED) is 0.684. The van der Waals surface area contributed by atoms with Crippen molar-refractivity contribution in [2.45, 2.75) is 52.8 Å². The highest BCUT2D eigenvalue weighted by Crippen LogP contribution is 2.20. The van der Waals surface area contributed by atoms with Crippen LogP contribution >= 0.6 is 0 Å². The van der Waals surface area contributed by atoms with Gasteiger partial charge in [-0.3, -0.25) is 4.79 Å². The first kappa shape index (κ1) is 23.2. The van der Waals surface area contributed by atoms with Crippen LogP contribution in [0.3, 0.4) is 0 Å². The molecule has 2 amide bonds. The van der Waals surface area contributed by atoms with Crippen LogP contribution in [0.15, 0.2) is 42.5 Å².